The van der Waals surface area contributed by atoms with Crippen LogP contribution in [0.3, 0.4) is 0 Å². The highest BCUT2D eigenvalue weighted by Crippen LogP contribution is 2.14. The van der Waals surface area contributed by atoms with Crippen LogP contribution in [0.2, 0.25) is 0 Å². The van der Waals surface area contributed by atoms with E-state index >= 15 is 0 Å². The molecule has 0 amide bonds. The van der Waals surface area contributed by atoms with Gasteiger partial charge in [0.25, 0.3) is 0 Å². The van der Waals surface area contributed by atoms with Gasteiger partial charge in [-0.25, -0.2) is 0 Å². The molecule has 1 heteroatoms. The summed E-state index contributed by atoms with van der Waals surface area (Å²) in [6.07, 6.45) is 25.9. The van der Waals surface area contributed by atoms with Gasteiger partial charge in [-0.3, -0.25) is 0 Å². The molecule has 0 aromatic carbocycles. The molecule has 164 valence electrons. The summed E-state index contributed by atoms with van der Waals surface area (Å²) < 4.78 is 0. The summed E-state index contributed by atoms with van der Waals surface area (Å²) in [6.45, 7) is 13.3. The Balaban J connectivity index is 3.27. The Labute approximate surface area is 174 Å². The third-order valence-corrected chi connectivity index (χ3v) is 5.91. The summed E-state index contributed by atoms with van der Waals surface area (Å²) in [5, 5.41) is 0. The Morgan fingerprint density at radius 2 is 0.778 bits per heavy atom. The minimum atomic E-state index is 0.894. The van der Waals surface area contributed by atoms with Crippen LogP contribution in [-0.2, 0) is 0 Å². The molecular formula is C26H55N. The topological polar surface area (TPSA) is 3.24 Å². The predicted molar refractivity (Wildman–Crippen MR) is 126 cm³/mol. The molecule has 27 heavy (non-hydrogen) atoms. The Morgan fingerprint density at radius 3 is 1.15 bits per heavy atom. The number of hydrogen-bond acceptors (Lipinski definition) is 1. The van der Waals surface area contributed by atoms with Crippen molar-refractivity contribution in [2.45, 2.75) is 143 Å². The van der Waals surface area contributed by atoms with Gasteiger partial charge in [-0.2, -0.15) is 0 Å². The van der Waals surface area contributed by atoms with Crippen molar-refractivity contribution < 1.29 is 0 Å². The fraction of sp³-hybridized carbons (Fsp3) is 1.00. The summed E-state index contributed by atoms with van der Waals surface area (Å²) in [5.41, 5.74) is 0. The first-order valence-electron chi connectivity index (χ1n) is 12.9. The molecule has 0 aliphatic carbocycles. The molecule has 0 saturated carbocycles. The average Bonchev–Trinajstić information content (AvgIpc) is 2.66. The van der Waals surface area contributed by atoms with Crippen LogP contribution in [0, 0.1) is 5.92 Å². The Hall–Kier alpha value is -0.0400. The molecule has 0 spiro atoms. The standard InChI is InChI=1S/C26H55N/c1-5-7-23-27(24-8-6-2)25-21-19-17-15-13-11-9-10-12-14-16-18-20-22-26(3)4/h26H,5-25H2,1-4H3. The van der Waals surface area contributed by atoms with E-state index in [1.54, 1.807) is 0 Å². The van der Waals surface area contributed by atoms with Gasteiger partial charge < -0.3 is 4.90 Å². The molecule has 0 radical (unpaired) electrons. The molecule has 0 aliphatic rings. The molecule has 0 heterocycles. The Bertz CT molecular complexity index is 253. The van der Waals surface area contributed by atoms with Crippen LogP contribution >= 0.6 is 0 Å². The largest absolute Gasteiger partial charge is 0.303 e. The van der Waals surface area contributed by atoms with Gasteiger partial charge in [0, 0.05) is 0 Å². The fourth-order valence-corrected chi connectivity index (χ4v) is 3.93. The maximum absolute atomic E-state index is 2.72. The zero-order valence-corrected chi connectivity index (χ0v) is 19.9. The lowest BCUT2D eigenvalue weighted by Gasteiger charge is -2.21. The molecule has 0 aliphatic heterocycles. The molecule has 0 N–H and O–H groups in total. The van der Waals surface area contributed by atoms with Gasteiger partial charge in [0.1, 0.15) is 0 Å². The van der Waals surface area contributed by atoms with Crippen LogP contribution in [0.1, 0.15) is 143 Å². The van der Waals surface area contributed by atoms with E-state index in [-0.39, 0.29) is 0 Å². The number of unbranched alkanes of at least 4 members (excludes halogenated alkanes) is 14. The third kappa shape index (κ3) is 22.1. The fourth-order valence-electron chi connectivity index (χ4n) is 3.93. The monoisotopic (exact) mass is 381 g/mol. The van der Waals surface area contributed by atoms with Gasteiger partial charge in [0.2, 0.25) is 0 Å². The van der Waals surface area contributed by atoms with E-state index in [1.807, 2.05) is 0 Å². The number of nitrogens with zero attached hydrogens (tertiary/aromatic N) is 1. The van der Waals surface area contributed by atoms with Gasteiger partial charge in [0.15, 0.2) is 0 Å². The van der Waals surface area contributed by atoms with Crippen LogP contribution in [0.25, 0.3) is 0 Å². The second-order valence-electron chi connectivity index (χ2n) is 9.33. The van der Waals surface area contributed by atoms with Crippen molar-refractivity contribution in [1.29, 1.82) is 0 Å². The van der Waals surface area contributed by atoms with E-state index in [0.29, 0.717) is 0 Å². The van der Waals surface area contributed by atoms with Gasteiger partial charge in [-0.05, 0) is 44.8 Å². The molecule has 1 nitrogen and oxygen atoms in total. The second-order valence-corrected chi connectivity index (χ2v) is 9.33. The van der Waals surface area contributed by atoms with Crippen LogP contribution in [0.4, 0.5) is 0 Å². The normalized spacial score (nSPS) is 11.8. The smallest absolute Gasteiger partial charge is 0.00187 e. The van der Waals surface area contributed by atoms with Gasteiger partial charge in [0.05, 0.1) is 0 Å². The maximum atomic E-state index is 2.72. The van der Waals surface area contributed by atoms with E-state index in [1.165, 1.54) is 135 Å². The Morgan fingerprint density at radius 1 is 0.444 bits per heavy atom. The maximum Gasteiger partial charge on any atom is -0.00187 e. The summed E-state index contributed by atoms with van der Waals surface area (Å²) in [4.78, 5) is 2.72. The van der Waals surface area contributed by atoms with Crippen LogP contribution in [0.15, 0.2) is 0 Å². The zero-order valence-electron chi connectivity index (χ0n) is 19.9. The third-order valence-electron chi connectivity index (χ3n) is 5.91. The lowest BCUT2D eigenvalue weighted by Crippen LogP contribution is -2.27. The van der Waals surface area contributed by atoms with Crippen molar-refractivity contribution in [2.75, 3.05) is 19.6 Å². The van der Waals surface area contributed by atoms with Crippen LogP contribution < -0.4 is 0 Å². The highest BCUT2D eigenvalue weighted by molar-refractivity contribution is 4.58. The van der Waals surface area contributed by atoms with Gasteiger partial charge in [-0.1, -0.05) is 124 Å². The van der Waals surface area contributed by atoms with Crippen LogP contribution in [-0.4, -0.2) is 24.5 Å². The lowest BCUT2D eigenvalue weighted by atomic mass is 10.0. The van der Waals surface area contributed by atoms with Gasteiger partial charge in [-0.15, -0.1) is 0 Å². The molecule has 0 unspecified atom stereocenters. The summed E-state index contributed by atoms with van der Waals surface area (Å²) in [5.74, 6) is 0.894. The molecular weight excluding hydrogens is 326 g/mol. The second kappa shape index (κ2) is 22.3. The van der Waals surface area contributed by atoms with Crippen molar-refractivity contribution >= 4 is 0 Å². The molecule has 0 bridgehead atoms. The first-order chi connectivity index (χ1) is 13.2. The summed E-state index contributed by atoms with van der Waals surface area (Å²) in [6, 6.07) is 0. The van der Waals surface area contributed by atoms with Crippen molar-refractivity contribution in [3.05, 3.63) is 0 Å². The predicted octanol–water partition coefficient (Wildman–Crippen LogP) is 9.01. The SMILES string of the molecule is CCCCN(CCCC)CCCCCCCCCCCCCCCC(C)C. The quantitative estimate of drug-likeness (QED) is 0.169. The Kier molecular flexibility index (Phi) is 22.2. The molecule has 0 aromatic rings. The summed E-state index contributed by atoms with van der Waals surface area (Å²) >= 11 is 0. The first kappa shape index (κ1) is 27.0. The highest BCUT2D eigenvalue weighted by Gasteiger charge is 2.03. The first-order valence-corrected chi connectivity index (χ1v) is 12.9. The highest BCUT2D eigenvalue weighted by atomic mass is 15.1. The van der Waals surface area contributed by atoms with Crippen molar-refractivity contribution in [3.63, 3.8) is 0 Å². The lowest BCUT2D eigenvalue weighted by molar-refractivity contribution is 0.259. The van der Waals surface area contributed by atoms with Gasteiger partial charge >= 0.3 is 0 Å². The number of hydrogen-bond donors (Lipinski definition) is 0. The van der Waals surface area contributed by atoms with E-state index in [0.717, 1.165) is 5.92 Å². The van der Waals surface area contributed by atoms with E-state index < -0.39 is 0 Å². The van der Waals surface area contributed by atoms with E-state index in [2.05, 4.69) is 32.6 Å². The summed E-state index contributed by atoms with van der Waals surface area (Å²) in [7, 11) is 0. The van der Waals surface area contributed by atoms with Crippen molar-refractivity contribution in [3.8, 4) is 0 Å². The van der Waals surface area contributed by atoms with E-state index in [9.17, 15) is 0 Å². The molecule has 0 saturated heterocycles. The van der Waals surface area contributed by atoms with Crippen molar-refractivity contribution in [1.82, 2.24) is 4.90 Å². The van der Waals surface area contributed by atoms with E-state index in [4.69, 9.17) is 0 Å². The zero-order chi connectivity index (χ0) is 20.0. The minimum Gasteiger partial charge on any atom is -0.303 e. The molecule has 0 rings (SSSR count). The average molecular weight is 382 g/mol. The van der Waals surface area contributed by atoms with Crippen LogP contribution in [0.5, 0.6) is 0 Å². The molecule has 0 fully saturated rings. The minimum absolute atomic E-state index is 0.894. The van der Waals surface area contributed by atoms with Crippen molar-refractivity contribution in [2.24, 2.45) is 5.92 Å². The number of rotatable bonds is 22. The molecule has 0 atom stereocenters. The molecule has 0 aromatic heterocycles.